The van der Waals surface area contributed by atoms with E-state index in [2.05, 4.69) is 64.2 Å². The minimum absolute atomic E-state index is 0.415. The Bertz CT molecular complexity index is 673. The van der Waals surface area contributed by atoms with Crippen molar-refractivity contribution >= 4 is 27.3 Å². The van der Waals surface area contributed by atoms with Gasteiger partial charge in [0, 0.05) is 21.9 Å². The van der Waals surface area contributed by atoms with Crippen molar-refractivity contribution in [2.24, 2.45) is 0 Å². The van der Waals surface area contributed by atoms with E-state index >= 15 is 0 Å². The monoisotopic (exact) mass is 312 g/mol. The summed E-state index contributed by atoms with van der Waals surface area (Å²) in [7, 11) is 0. The molecule has 0 saturated heterocycles. The van der Waals surface area contributed by atoms with Crippen molar-refractivity contribution in [1.29, 1.82) is 5.26 Å². The number of halogens is 1. The highest BCUT2D eigenvalue weighted by Crippen LogP contribution is 2.39. The number of para-hydroxylation sites is 1. The summed E-state index contributed by atoms with van der Waals surface area (Å²) < 4.78 is 0.943. The number of benzene rings is 2. The lowest BCUT2D eigenvalue weighted by molar-refractivity contribution is 0.759. The van der Waals surface area contributed by atoms with Gasteiger partial charge >= 0.3 is 0 Å². The molecule has 1 atom stereocenters. The Morgan fingerprint density at radius 1 is 1.26 bits per heavy atom. The van der Waals surface area contributed by atoms with Gasteiger partial charge in [-0.3, -0.25) is 0 Å². The van der Waals surface area contributed by atoms with Crippen molar-refractivity contribution in [2.75, 3.05) is 4.90 Å². The molecule has 1 heterocycles. The number of rotatable bonds is 1. The van der Waals surface area contributed by atoms with Gasteiger partial charge in [-0.05, 0) is 43.2 Å². The third-order valence-corrected chi connectivity index (χ3v) is 3.95. The van der Waals surface area contributed by atoms with E-state index < -0.39 is 0 Å². The molecule has 0 radical (unpaired) electrons. The third kappa shape index (κ3) is 2.13. The van der Waals surface area contributed by atoms with Crippen LogP contribution in [0.25, 0.3) is 0 Å². The molecule has 0 bridgehead atoms. The maximum Gasteiger partial charge on any atom is 0.0992 e. The van der Waals surface area contributed by atoms with E-state index in [-0.39, 0.29) is 0 Å². The maximum atomic E-state index is 9.10. The van der Waals surface area contributed by atoms with E-state index in [1.807, 2.05) is 12.1 Å². The van der Waals surface area contributed by atoms with Gasteiger partial charge in [0.25, 0.3) is 0 Å². The van der Waals surface area contributed by atoms with Crippen LogP contribution in [-0.2, 0) is 6.42 Å². The van der Waals surface area contributed by atoms with Gasteiger partial charge in [-0.1, -0.05) is 34.1 Å². The molecule has 1 aliphatic rings. The molecule has 94 valence electrons. The minimum atomic E-state index is 0.415. The van der Waals surface area contributed by atoms with Gasteiger partial charge < -0.3 is 4.90 Å². The topological polar surface area (TPSA) is 27.0 Å². The molecule has 2 aromatic carbocycles. The Morgan fingerprint density at radius 2 is 2.05 bits per heavy atom. The molecule has 1 aliphatic heterocycles. The highest BCUT2D eigenvalue weighted by Gasteiger charge is 2.26. The molecule has 0 fully saturated rings. The van der Waals surface area contributed by atoms with Crippen molar-refractivity contribution in [3.63, 3.8) is 0 Å². The van der Waals surface area contributed by atoms with Crippen molar-refractivity contribution in [3.05, 3.63) is 58.1 Å². The van der Waals surface area contributed by atoms with Crippen LogP contribution in [-0.4, -0.2) is 6.04 Å². The Kier molecular flexibility index (Phi) is 3.04. The zero-order valence-electron chi connectivity index (χ0n) is 10.6. The Morgan fingerprint density at radius 3 is 2.84 bits per heavy atom. The summed E-state index contributed by atoms with van der Waals surface area (Å²) in [5.41, 5.74) is 4.37. The lowest BCUT2D eigenvalue weighted by atomic mass is 10.1. The summed E-state index contributed by atoms with van der Waals surface area (Å²) in [6.07, 6.45) is 1.05. The van der Waals surface area contributed by atoms with Crippen molar-refractivity contribution in [1.82, 2.24) is 0 Å². The highest BCUT2D eigenvalue weighted by molar-refractivity contribution is 9.10. The predicted molar refractivity (Wildman–Crippen MR) is 80.6 cm³/mol. The average Bonchev–Trinajstić information content (AvgIpc) is 2.73. The molecule has 3 rings (SSSR count). The molecule has 0 aliphatic carbocycles. The number of nitriles is 1. The summed E-state index contributed by atoms with van der Waals surface area (Å²) in [6.45, 7) is 2.22. The molecule has 0 saturated carbocycles. The molecule has 0 aromatic heterocycles. The molecular weight excluding hydrogens is 300 g/mol. The quantitative estimate of drug-likeness (QED) is 0.780. The van der Waals surface area contributed by atoms with Crippen LogP contribution in [0.2, 0.25) is 0 Å². The average molecular weight is 313 g/mol. The smallest absolute Gasteiger partial charge is 0.0992 e. The second kappa shape index (κ2) is 4.71. The fraction of sp³-hybridized carbons (Fsp3) is 0.188. The van der Waals surface area contributed by atoms with E-state index in [1.54, 1.807) is 0 Å². The summed E-state index contributed by atoms with van der Waals surface area (Å²) in [5, 5.41) is 9.10. The number of nitrogens with zero attached hydrogens (tertiary/aromatic N) is 2. The molecular formula is C16H13BrN2. The van der Waals surface area contributed by atoms with E-state index in [4.69, 9.17) is 5.26 Å². The largest absolute Gasteiger partial charge is 0.338 e. The van der Waals surface area contributed by atoms with Gasteiger partial charge in [0.2, 0.25) is 0 Å². The highest BCUT2D eigenvalue weighted by atomic mass is 79.9. The normalized spacial score (nSPS) is 17.1. The van der Waals surface area contributed by atoms with Gasteiger partial charge in [-0.15, -0.1) is 0 Å². The Labute approximate surface area is 121 Å². The first kappa shape index (κ1) is 12.3. The van der Waals surface area contributed by atoms with Crippen molar-refractivity contribution < 1.29 is 0 Å². The molecule has 2 aromatic rings. The van der Waals surface area contributed by atoms with Crippen LogP contribution < -0.4 is 4.90 Å². The Hall–Kier alpha value is -1.79. The van der Waals surface area contributed by atoms with Crippen LogP contribution in [0, 0.1) is 11.3 Å². The first-order valence-electron chi connectivity index (χ1n) is 6.27. The molecule has 0 amide bonds. The van der Waals surface area contributed by atoms with Crippen LogP contribution in [0.5, 0.6) is 0 Å². The van der Waals surface area contributed by atoms with Gasteiger partial charge in [-0.25, -0.2) is 0 Å². The van der Waals surface area contributed by atoms with Crippen LogP contribution in [0.4, 0.5) is 11.4 Å². The number of hydrogen-bond donors (Lipinski definition) is 0. The first-order chi connectivity index (χ1) is 9.19. The standard InChI is InChI=1S/C16H13BrN2/c1-11-6-13-4-2-3-5-16(13)19(11)15-8-12(10-18)7-14(17)9-15/h2-5,7-9,11H,6H2,1H3. The van der Waals surface area contributed by atoms with Gasteiger partial charge in [0.15, 0.2) is 0 Å². The molecule has 0 N–H and O–H groups in total. The summed E-state index contributed by atoms with van der Waals surface area (Å²) in [6, 6.07) is 17.0. The van der Waals surface area contributed by atoms with Crippen LogP contribution >= 0.6 is 15.9 Å². The second-order valence-electron chi connectivity index (χ2n) is 4.86. The number of fused-ring (bicyclic) bond motifs is 1. The van der Waals surface area contributed by atoms with Crippen molar-refractivity contribution in [3.8, 4) is 6.07 Å². The third-order valence-electron chi connectivity index (χ3n) is 3.50. The van der Waals surface area contributed by atoms with E-state index in [9.17, 15) is 0 Å². The number of anilines is 2. The number of hydrogen-bond acceptors (Lipinski definition) is 2. The summed E-state index contributed by atoms with van der Waals surface area (Å²) >= 11 is 3.48. The van der Waals surface area contributed by atoms with Crippen LogP contribution in [0.15, 0.2) is 46.9 Å². The van der Waals surface area contributed by atoms with E-state index in [0.717, 1.165) is 16.6 Å². The molecule has 1 unspecified atom stereocenters. The maximum absolute atomic E-state index is 9.10. The SMILES string of the molecule is CC1Cc2ccccc2N1c1cc(Br)cc(C#N)c1. The fourth-order valence-electron chi connectivity index (χ4n) is 2.74. The predicted octanol–water partition coefficient (Wildman–Crippen LogP) is 4.40. The first-order valence-corrected chi connectivity index (χ1v) is 7.06. The van der Waals surface area contributed by atoms with Gasteiger partial charge in [0.1, 0.15) is 0 Å². The molecule has 2 nitrogen and oxygen atoms in total. The van der Waals surface area contributed by atoms with Gasteiger partial charge in [-0.2, -0.15) is 5.26 Å². The zero-order chi connectivity index (χ0) is 13.4. The van der Waals surface area contributed by atoms with Crippen LogP contribution in [0.1, 0.15) is 18.1 Å². The van der Waals surface area contributed by atoms with Crippen molar-refractivity contribution in [2.45, 2.75) is 19.4 Å². The Balaban J connectivity index is 2.12. The second-order valence-corrected chi connectivity index (χ2v) is 5.78. The lowest BCUT2D eigenvalue weighted by Crippen LogP contribution is -2.23. The van der Waals surface area contributed by atoms with E-state index in [1.165, 1.54) is 11.3 Å². The lowest BCUT2D eigenvalue weighted by Gasteiger charge is -2.25. The zero-order valence-corrected chi connectivity index (χ0v) is 12.2. The minimum Gasteiger partial charge on any atom is -0.338 e. The van der Waals surface area contributed by atoms with Crippen LogP contribution in [0.3, 0.4) is 0 Å². The van der Waals surface area contributed by atoms with Gasteiger partial charge in [0.05, 0.1) is 11.6 Å². The summed E-state index contributed by atoms with van der Waals surface area (Å²) in [4.78, 5) is 2.31. The summed E-state index contributed by atoms with van der Waals surface area (Å²) in [5.74, 6) is 0. The van der Waals surface area contributed by atoms with E-state index in [0.29, 0.717) is 11.6 Å². The molecule has 3 heteroatoms. The molecule has 19 heavy (non-hydrogen) atoms. The molecule has 0 spiro atoms. The fourth-order valence-corrected chi connectivity index (χ4v) is 3.22.